The number of carbonyl (C=O) groups excluding carboxylic acids is 3. The van der Waals surface area contributed by atoms with Gasteiger partial charge in [0.2, 0.25) is 11.7 Å². The van der Waals surface area contributed by atoms with Gasteiger partial charge in [-0.2, -0.15) is 0 Å². The van der Waals surface area contributed by atoms with E-state index in [2.05, 4.69) is 25.8 Å². The topological polar surface area (TPSA) is 129 Å². The van der Waals surface area contributed by atoms with Crippen LogP contribution in [-0.4, -0.2) is 58.6 Å². The van der Waals surface area contributed by atoms with E-state index in [0.717, 1.165) is 30.5 Å². The van der Waals surface area contributed by atoms with Crippen LogP contribution in [0.25, 0.3) is 0 Å². The second-order valence-corrected chi connectivity index (χ2v) is 9.40. The molecule has 3 aromatic rings. The Morgan fingerprint density at radius 2 is 1.97 bits per heavy atom. The smallest absolute Gasteiger partial charge is 0.291 e. The van der Waals surface area contributed by atoms with Crippen LogP contribution < -0.4 is 20.3 Å². The van der Waals surface area contributed by atoms with Crippen LogP contribution in [0.15, 0.2) is 36.4 Å². The average Bonchev–Trinajstić information content (AvgIpc) is 3.60. The van der Waals surface area contributed by atoms with E-state index in [9.17, 15) is 23.2 Å². The predicted octanol–water partition coefficient (Wildman–Crippen LogP) is 2.04. The summed E-state index contributed by atoms with van der Waals surface area (Å²) in [7, 11) is 1.58. The first-order chi connectivity index (χ1) is 18.3. The van der Waals surface area contributed by atoms with Gasteiger partial charge in [0.1, 0.15) is 35.9 Å². The lowest BCUT2D eigenvalue weighted by Gasteiger charge is -2.20. The molecule has 1 saturated carbocycles. The first kappa shape index (κ1) is 25.3. The molecule has 5 rings (SSSR count). The van der Waals surface area contributed by atoms with Gasteiger partial charge < -0.3 is 20.3 Å². The van der Waals surface area contributed by atoms with Crippen LogP contribution in [0.3, 0.4) is 0 Å². The molecule has 38 heavy (non-hydrogen) atoms. The van der Waals surface area contributed by atoms with Gasteiger partial charge in [-0.25, -0.2) is 13.8 Å². The zero-order valence-corrected chi connectivity index (χ0v) is 20.6. The molecule has 1 aliphatic heterocycles. The molecule has 0 radical (unpaired) electrons. The number of hydrogen-bond donors (Lipinski definition) is 3. The maximum absolute atomic E-state index is 13.9. The molecule has 2 heterocycles. The van der Waals surface area contributed by atoms with Gasteiger partial charge in [-0.3, -0.25) is 19.5 Å². The number of amides is 3. The van der Waals surface area contributed by atoms with Crippen molar-refractivity contribution >= 4 is 23.4 Å². The van der Waals surface area contributed by atoms with Crippen LogP contribution in [-0.2, 0) is 22.4 Å². The lowest BCUT2D eigenvalue weighted by Crippen LogP contribution is -2.49. The number of H-pyrrole nitrogens is 1. The maximum atomic E-state index is 13.9. The first-order valence-corrected chi connectivity index (χ1v) is 12.3. The third-order valence-electron chi connectivity index (χ3n) is 6.42. The Balaban J connectivity index is 1.21. The molecular formula is C26H26F2N6O4. The molecule has 3 amide bonds. The van der Waals surface area contributed by atoms with Gasteiger partial charge in [-0.1, -0.05) is 12.1 Å². The third-order valence-corrected chi connectivity index (χ3v) is 6.42. The molecule has 1 aromatic heterocycles. The van der Waals surface area contributed by atoms with Crippen molar-refractivity contribution in [2.24, 2.45) is 0 Å². The van der Waals surface area contributed by atoms with Crippen molar-refractivity contribution in [3.8, 4) is 5.75 Å². The van der Waals surface area contributed by atoms with E-state index in [4.69, 9.17) is 4.74 Å². The molecule has 0 spiro atoms. The summed E-state index contributed by atoms with van der Waals surface area (Å²) in [6, 6.07) is 7.87. The Morgan fingerprint density at radius 1 is 1.16 bits per heavy atom. The van der Waals surface area contributed by atoms with E-state index in [-0.39, 0.29) is 36.1 Å². The van der Waals surface area contributed by atoms with E-state index < -0.39 is 29.5 Å². The number of hydrogen-bond acceptors (Lipinski definition) is 6. The van der Waals surface area contributed by atoms with Crippen molar-refractivity contribution in [2.45, 2.75) is 44.2 Å². The van der Waals surface area contributed by atoms with E-state index in [1.165, 1.54) is 11.0 Å². The third kappa shape index (κ3) is 5.79. The molecular weight excluding hydrogens is 498 g/mol. The van der Waals surface area contributed by atoms with Crippen molar-refractivity contribution in [3.05, 3.63) is 70.8 Å². The molecule has 0 saturated heterocycles. The van der Waals surface area contributed by atoms with Crippen molar-refractivity contribution in [2.75, 3.05) is 18.6 Å². The van der Waals surface area contributed by atoms with Crippen molar-refractivity contribution in [3.63, 3.8) is 0 Å². The van der Waals surface area contributed by atoms with Gasteiger partial charge in [0.05, 0.1) is 5.69 Å². The number of benzene rings is 2. The Bertz CT molecular complexity index is 1390. The van der Waals surface area contributed by atoms with Gasteiger partial charge in [-0.05, 0) is 48.6 Å². The van der Waals surface area contributed by atoms with Gasteiger partial charge in [0.15, 0.2) is 0 Å². The Morgan fingerprint density at radius 3 is 2.74 bits per heavy atom. The fourth-order valence-corrected chi connectivity index (χ4v) is 4.13. The predicted molar refractivity (Wildman–Crippen MR) is 132 cm³/mol. The van der Waals surface area contributed by atoms with Crippen LogP contribution in [0.1, 0.15) is 46.8 Å². The number of aromatic nitrogens is 3. The normalized spacial score (nSPS) is 16.9. The number of aryl methyl sites for hydroxylation is 1. The van der Waals surface area contributed by atoms with Gasteiger partial charge >= 0.3 is 0 Å². The zero-order chi connectivity index (χ0) is 26.8. The maximum Gasteiger partial charge on any atom is 0.291 e. The van der Waals surface area contributed by atoms with E-state index in [1.54, 1.807) is 19.2 Å². The number of halogens is 2. The first-order valence-electron chi connectivity index (χ1n) is 12.3. The van der Waals surface area contributed by atoms with Crippen LogP contribution >= 0.6 is 0 Å². The van der Waals surface area contributed by atoms with E-state index in [1.807, 2.05) is 6.07 Å². The van der Waals surface area contributed by atoms with E-state index in [0.29, 0.717) is 30.3 Å². The minimum absolute atomic E-state index is 0.00355. The number of fused-ring (bicyclic) bond motifs is 1. The molecule has 2 aromatic carbocycles. The number of rotatable bonds is 8. The summed E-state index contributed by atoms with van der Waals surface area (Å²) in [5.74, 6) is -2.09. The number of aromatic amines is 1. The lowest BCUT2D eigenvalue weighted by atomic mass is 10.1. The molecule has 1 fully saturated rings. The highest BCUT2D eigenvalue weighted by Crippen LogP contribution is 2.32. The monoisotopic (exact) mass is 524 g/mol. The van der Waals surface area contributed by atoms with Crippen molar-refractivity contribution in [1.29, 1.82) is 0 Å². The lowest BCUT2D eigenvalue weighted by molar-refractivity contribution is -0.121. The molecule has 2 aliphatic rings. The Kier molecular flexibility index (Phi) is 7.03. The molecule has 1 unspecified atom stereocenters. The summed E-state index contributed by atoms with van der Waals surface area (Å²) in [6.45, 7) is -0.108. The van der Waals surface area contributed by atoms with Crippen LogP contribution in [0.2, 0.25) is 0 Å². The number of anilines is 1. The van der Waals surface area contributed by atoms with Crippen molar-refractivity contribution in [1.82, 2.24) is 25.8 Å². The summed E-state index contributed by atoms with van der Waals surface area (Å²) in [4.78, 5) is 43.4. The van der Waals surface area contributed by atoms with Crippen LogP contribution in [0.4, 0.5) is 14.5 Å². The van der Waals surface area contributed by atoms with Crippen LogP contribution in [0, 0.1) is 11.6 Å². The minimum atomic E-state index is -1.01. The molecule has 1 aliphatic carbocycles. The fourth-order valence-electron chi connectivity index (χ4n) is 4.13. The number of likely N-dealkylation sites (N-methyl/N-ethyl adjacent to an activating group) is 1. The summed E-state index contributed by atoms with van der Waals surface area (Å²) in [6.07, 6.45) is 2.89. The van der Waals surface area contributed by atoms with Gasteiger partial charge in [-0.15, -0.1) is 5.10 Å². The van der Waals surface area contributed by atoms with Gasteiger partial charge in [0.25, 0.3) is 11.8 Å². The van der Waals surface area contributed by atoms with Crippen LogP contribution in [0.5, 0.6) is 5.75 Å². The largest absolute Gasteiger partial charge is 0.489 e. The van der Waals surface area contributed by atoms with Gasteiger partial charge in [0, 0.05) is 32.0 Å². The Hall–Kier alpha value is -4.35. The number of nitrogens with one attached hydrogen (secondary N) is 3. The fraction of sp³-hybridized carbons (Fsp3) is 0.346. The quantitative estimate of drug-likeness (QED) is 0.414. The molecule has 0 bridgehead atoms. The standard InChI is InChI=1S/C26H26F2N6O4/c1-34-20-10-14(3-9-23(35)29-17-6-7-17)2-8-21(20)38-13-19(26(34)37)30-25(36)24-31-22(32-33-24)11-15-4-5-16(27)12-18(15)28/h2,4-5,8,10,12,17,19H,3,6-7,9,11,13H2,1H3,(H,29,35)(H,30,36)(H,31,32,33). The SMILES string of the molecule is CN1C(=O)C(NC(=O)c2n[nH]c(Cc3ccc(F)cc3F)n2)COc2ccc(CCC(=O)NC3CC3)cc21. The number of ether oxygens (including phenoxy) is 1. The summed E-state index contributed by atoms with van der Waals surface area (Å²) < 4.78 is 32.9. The number of nitrogens with zero attached hydrogens (tertiary/aromatic N) is 3. The molecule has 10 nitrogen and oxygen atoms in total. The minimum Gasteiger partial charge on any atom is -0.489 e. The highest BCUT2D eigenvalue weighted by atomic mass is 19.1. The summed E-state index contributed by atoms with van der Waals surface area (Å²) in [5, 5.41) is 12.0. The van der Waals surface area contributed by atoms with Crippen molar-refractivity contribution < 1.29 is 27.9 Å². The molecule has 198 valence electrons. The molecule has 1 atom stereocenters. The average molecular weight is 525 g/mol. The number of carbonyl (C=O) groups is 3. The second-order valence-electron chi connectivity index (χ2n) is 9.40. The van der Waals surface area contributed by atoms with E-state index >= 15 is 0 Å². The summed E-state index contributed by atoms with van der Waals surface area (Å²) >= 11 is 0. The zero-order valence-electron chi connectivity index (χ0n) is 20.6. The highest BCUT2D eigenvalue weighted by molar-refractivity contribution is 6.02. The second kappa shape index (κ2) is 10.6. The Labute approximate surface area is 216 Å². The molecule has 12 heteroatoms. The molecule has 3 N–H and O–H groups in total. The highest BCUT2D eigenvalue weighted by Gasteiger charge is 2.32. The summed E-state index contributed by atoms with van der Waals surface area (Å²) in [5.41, 5.74) is 1.60.